The van der Waals surface area contributed by atoms with E-state index in [1.165, 1.54) is 11.5 Å². The van der Waals surface area contributed by atoms with Gasteiger partial charge in [-0.25, -0.2) is 0 Å². The van der Waals surface area contributed by atoms with Crippen molar-refractivity contribution in [2.24, 2.45) is 0 Å². The molecular weight excluding hydrogens is 254 g/mol. The van der Waals surface area contributed by atoms with Crippen molar-refractivity contribution >= 4 is 5.91 Å². The molecule has 1 aromatic rings. The highest BCUT2D eigenvalue weighted by Gasteiger charge is 2.53. The monoisotopic (exact) mass is 275 g/mol. The van der Waals surface area contributed by atoms with Crippen LogP contribution < -0.4 is 4.84 Å². The van der Waals surface area contributed by atoms with Gasteiger partial charge in [0.2, 0.25) is 0 Å². The molecule has 0 bridgehead atoms. The highest BCUT2D eigenvalue weighted by Crippen LogP contribution is 2.41. The number of hydrogen-bond acceptors (Lipinski definition) is 3. The molecule has 2 aliphatic rings. The van der Waals surface area contributed by atoms with Gasteiger partial charge >= 0.3 is 0 Å². The quantitative estimate of drug-likeness (QED) is 0.832. The van der Waals surface area contributed by atoms with Gasteiger partial charge in [-0.1, -0.05) is 24.6 Å². The molecule has 0 aromatic heterocycles. The van der Waals surface area contributed by atoms with Gasteiger partial charge in [0.05, 0.1) is 0 Å². The SMILES string of the molecule is Cc1ccccc1ON1C(=O)C(C)OC12CCCCC2. The minimum absolute atomic E-state index is 0.0739. The van der Waals surface area contributed by atoms with E-state index in [0.29, 0.717) is 0 Å². The van der Waals surface area contributed by atoms with Crippen LogP contribution in [0.4, 0.5) is 0 Å². The number of carbonyl (C=O) groups is 1. The van der Waals surface area contributed by atoms with Gasteiger partial charge in [-0.2, -0.15) is 0 Å². The Morgan fingerprint density at radius 3 is 2.65 bits per heavy atom. The van der Waals surface area contributed by atoms with Crippen LogP contribution in [0.15, 0.2) is 24.3 Å². The summed E-state index contributed by atoms with van der Waals surface area (Å²) in [7, 11) is 0. The molecule has 1 saturated carbocycles. The van der Waals surface area contributed by atoms with Crippen LogP contribution in [0.5, 0.6) is 5.75 Å². The van der Waals surface area contributed by atoms with Crippen LogP contribution in [0.1, 0.15) is 44.6 Å². The molecule has 2 fully saturated rings. The Kier molecular flexibility index (Phi) is 3.42. The number of rotatable bonds is 2. The van der Waals surface area contributed by atoms with Crippen LogP contribution in [0, 0.1) is 6.92 Å². The average Bonchev–Trinajstić information content (AvgIpc) is 2.66. The molecular formula is C16H21NO3. The fraction of sp³-hybridized carbons (Fsp3) is 0.562. The van der Waals surface area contributed by atoms with Crippen molar-refractivity contribution in [1.29, 1.82) is 0 Å². The van der Waals surface area contributed by atoms with Gasteiger partial charge < -0.3 is 9.57 Å². The molecule has 1 atom stereocenters. The van der Waals surface area contributed by atoms with Gasteiger partial charge in [-0.15, -0.1) is 5.06 Å². The average molecular weight is 275 g/mol. The molecule has 1 aliphatic carbocycles. The van der Waals surface area contributed by atoms with Crippen LogP contribution in [-0.2, 0) is 9.53 Å². The van der Waals surface area contributed by atoms with Crippen LogP contribution in [0.25, 0.3) is 0 Å². The normalized spacial score (nSPS) is 25.2. The highest BCUT2D eigenvalue weighted by atomic mass is 16.7. The first-order valence-corrected chi connectivity index (χ1v) is 7.38. The Balaban J connectivity index is 1.88. The number of nitrogens with zero attached hydrogens (tertiary/aromatic N) is 1. The fourth-order valence-electron chi connectivity index (χ4n) is 3.10. The zero-order valence-corrected chi connectivity index (χ0v) is 12.1. The fourth-order valence-corrected chi connectivity index (χ4v) is 3.10. The molecule has 20 heavy (non-hydrogen) atoms. The minimum atomic E-state index is -0.559. The molecule has 0 radical (unpaired) electrons. The Labute approximate surface area is 119 Å². The number of aryl methyl sites for hydroxylation is 1. The summed E-state index contributed by atoms with van der Waals surface area (Å²) in [6.07, 6.45) is 4.65. The number of carbonyl (C=O) groups excluding carboxylic acids is 1. The highest BCUT2D eigenvalue weighted by molar-refractivity contribution is 5.82. The van der Waals surface area contributed by atoms with Gasteiger partial charge in [0.25, 0.3) is 5.91 Å². The van der Waals surface area contributed by atoms with Crippen molar-refractivity contribution in [2.75, 3.05) is 0 Å². The second-order valence-electron chi connectivity index (χ2n) is 5.76. The lowest BCUT2D eigenvalue weighted by Crippen LogP contribution is -2.50. The van der Waals surface area contributed by atoms with E-state index in [0.717, 1.165) is 37.0 Å². The van der Waals surface area contributed by atoms with E-state index in [-0.39, 0.29) is 5.91 Å². The lowest BCUT2D eigenvalue weighted by atomic mass is 9.92. The minimum Gasteiger partial charge on any atom is -0.374 e. The Morgan fingerprint density at radius 2 is 1.95 bits per heavy atom. The second kappa shape index (κ2) is 5.09. The number of ether oxygens (including phenoxy) is 1. The predicted octanol–water partition coefficient (Wildman–Crippen LogP) is 3.20. The van der Waals surface area contributed by atoms with Gasteiger partial charge in [0, 0.05) is 0 Å². The molecule has 1 heterocycles. The van der Waals surface area contributed by atoms with Crippen LogP contribution in [0.3, 0.4) is 0 Å². The smallest absolute Gasteiger partial charge is 0.286 e. The number of para-hydroxylation sites is 1. The zero-order chi connectivity index (χ0) is 14.2. The molecule has 1 saturated heterocycles. The van der Waals surface area contributed by atoms with Crippen molar-refractivity contribution in [2.45, 2.75) is 57.8 Å². The van der Waals surface area contributed by atoms with E-state index in [1.54, 1.807) is 6.92 Å². The number of amides is 1. The third-order valence-corrected chi connectivity index (χ3v) is 4.23. The number of benzene rings is 1. The van der Waals surface area contributed by atoms with E-state index >= 15 is 0 Å². The van der Waals surface area contributed by atoms with Crippen LogP contribution in [-0.4, -0.2) is 22.8 Å². The standard InChI is InChI=1S/C16H21NO3/c1-12-8-4-5-9-14(12)20-17-15(18)13(2)19-16(17)10-6-3-7-11-16/h4-5,8-9,13H,3,6-7,10-11H2,1-2H3. The predicted molar refractivity (Wildman–Crippen MR) is 75.0 cm³/mol. The maximum atomic E-state index is 12.4. The van der Waals surface area contributed by atoms with E-state index in [2.05, 4.69) is 0 Å². The van der Waals surface area contributed by atoms with Gasteiger partial charge in [0.15, 0.2) is 11.5 Å². The molecule has 1 spiro atoms. The third kappa shape index (κ3) is 2.18. The van der Waals surface area contributed by atoms with Gasteiger partial charge in [-0.3, -0.25) is 4.79 Å². The van der Waals surface area contributed by atoms with Crippen molar-refractivity contribution in [3.8, 4) is 5.75 Å². The first-order chi connectivity index (χ1) is 9.62. The molecule has 4 heteroatoms. The summed E-state index contributed by atoms with van der Waals surface area (Å²) in [4.78, 5) is 18.3. The lowest BCUT2D eigenvalue weighted by Gasteiger charge is -2.38. The van der Waals surface area contributed by atoms with Gasteiger partial charge in [-0.05, 0) is 51.2 Å². The Hall–Kier alpha value is -1.55. The van der Waals surface area contributed by atoms with Crippen molar-refractivity contribution in [1.82, 2.24) is 5.06 Å². The maximum Gasteiger partial charge on any atom is 0.286 e. The molecule has 1 amide bonds. The van der Waals surface area contributed by atoms with Crippen LogP contribution >= 0.6 is 0 Å². The first-order valence-electron chi connectivity index (χ1n) is 7.38. The second-order valence-corrected chi connectivity index (χ2v) is 5.76. The molecule has 4 nitrogen and oxygen atoms in total. The number of hydroxylamine groups is 2. The summed E-state index contributed by atoms with van der Waals surface area (Å²) >= 11 is 0. The zero-order valence-electron chi connectivity index (χ0n) is 12.1. The summed E-state index contributed by atoms with van der Waals surface area (Å²) in [6, 6.07) is 7.75. The Bertz CT molecular complexity index is 508. The summed E-state index contributed by atoms with van der Waals surface area (Å²) in [5.74, 6) is 0.652. The van der Waals surface area contributed by atoms with E-state index < -0.39 is 11.8 Å². The Morgan fingerprint density at radius 1 is 1.25 bits per heavy atom. The molecule has 1 aromatic carbocycles. The largest absolute Gasteiger partial charge is 0.374 e. The van der Waals surface area contributed by atoms with E-state index in [9.17, 15) is 4.79 Å². The van der Waals surface area contributed by atoms with Crippen LogP contribution in [0.2, 0.25) is 0 Å². The summed E-state index contributed by atoms with van der Waals surface area (Å²) in [6.45, 7) is 3.79. The van der Waals surface area contributed by atoms with Crippen molar-refractivity contribution in [3.05, 3.63) is 29.8 Å². The van der Waals surface area contributed by atoms with Gasteiger partial charge in [0.1, 0.15) is 6.10 Å². The molecule has 3 rings (SSSR count). The first kappa shape index (κ1) is 13.4. The summed E-state index contributed by atoms with van der Waals surface area (Å²) < 4.78 is 5.98. The topological polar surface area (TPSA) is 38.8 Å². The summed E-state index contributed by atoms with van der Waals surface area (Å²) in [5.41, 5.74) is 0.461. The summed E-state index contributed by atoms with van der Waals surface area (Å²) in [5, 5.41) is 1.50. The number of hydrogen-bond donors (Lipinski definition) is 0. The van der Waals surface area contributed by atoms with E-state index in [1.807, 2.05) is 31.2 Å². The maximum absolute atomic E-state index is 12.4. The third-order valence-electron chi connectivity index (χ3n) is 4.23. The van der Waals surface area contributed by atoms with Crippen molar-refractivity contribution < 1.29 is 14.4 Å². The molecule has 0 N–H and O–H groups in total. The molecule has 1 aliphatic heterocycles. The lowest BCUT2D eigenvalue weighted by molar-refractivity contribution is -0.221. The molecule has 1 unspecified atom stereocenters. The molecule has 108 valence electrons. The van der Waals surface area contributed by atoms with Crippen molar-refractivity contribution in [3.63, 3.8) is 0 Å². The van der Waals surface area contributed by atoms with E-state index in [4.69, 9.17) is 9.57 Å².